The minimum Gasteiger partial charge on any atom is -0.366 e. The van der Waals surface area contributed by atoms with E-state index in [1.807, 2.05) is 12.1 Å². The van der Waals surface area contributed by atoms with Crippen molar-refractivity contribution in [3.05, 3.63) is 28.8 Å². The fraction of sp³-hybridized carbons (Fsp3) is 0.538. The first-order chi connectivity index (χ1) is 8.11. The summed E-state index contributed by atoms with van der Waals surface area (Å²) < 4.78 is 0. The Morgan fingerprint density at radius 1 is 1.41 bits per heavy atom. The van der Waals surface area contributed by atoms with Crippen molar-refractivity contribution in [2.45, 2.75) is 19.5 Å². The number of nitrogens with zero attached hydrogens (tertiary/aromatic N) is 2. The molecule has 1 aromatic rings. The number of halogens is 1. The van der Waals surface area contributed by atoms with Crippen LogP contribution < -0.4 is 10.6 Å². The van der Waals surface area contributed by atoms with E-state index in [2.05, 4.69) is 29.8 Å². The lowest BCUT2D eigenvalue weighted by molar-refractivity contribution is 0.275. The Morgan fingerprint density at radius 3 is 2.82 bits per heavy atom. The van der Waals surface area contributed by atoms with Gasteiger partial charge in [-0.2, -0.15) is 0 Å². The second kappa shape index (κ2) is 5.25. The number of likely N-dealkylation sites (N-methyl/N-ethyl adjacent to an activating group) is 1. The molecule has 1 aliphatic heterocycles. The third-order valence-corrected chi connectivity index (χ3v) is 3.64. The van der Waals surface area contributed by atoms with Crippen LogP contribution in [0, 0.1) is 0 Å². The Bertz CT molecular complexity index is 394. The van der Waals surface area contributed by atoms with Gasteiger partial charge in [0.1, 0.15) is 0 Å². The van der Waals surface area contributed by atoms with Gasteiger partial charge in [0.25, 0.3) is 0 Å². The average molecular weight is 254 g/mol. The third kappa shape index (κ3) is 2.73. The molecule has 1 aliphatic rings. The lowest BCUT2D eigenvalue weighted by atomic mass is 10.1. The first-order valence-electron chi connectivity index (χ1n) is 6.05. The zero-order valence-electron chi connectivity index (χ0n) is 10.5. The van der Waals surface area contributed by atoms with E-state index in [-0.39, 0.29) is 0 Å². The van der Waals surface area contributed by atoms with Gasteiger partial charge >= 0.3 is 0 Å². The number of piperazine rings is 1. The topological polar surface area (TPSA) is 32.5 Å². The van der Waals surface area contributed by atoms with E-state index in [0.717, 1.165) is 30.2 Å². The van der Waals surface area contributed by atoms with E-state index in [4.69, 9.17) is 17.3 Å². The van der Waals surface area contributed by atoms with Gasteiger partial charge in [-0.1, -0.05) is 11.6 Å². The van der Waals surface area contributed by atoms with Crippen LogP contribution in [0.25, 0.3) is 0 Å². The van der Waals surface area contributed by atoms with E-state index < -0.39 is 0 Å². The molecule has 0 radical (unpaired) electrons. The Labute approximate surface area is 108 Å². The lowest BCUT2D eigenvalue weighted by Crippen LogP contribution is -2.50. The number of nitrogens with two attached hydrogens (primary N) is 1. The van der Waals surface area contributed by atoms with Crippen LogP contribution in [0.4, 0.5) is 5.69 Å². The summed E-state index contributed by atoms with van der Waals surface area (Å²) in [5.41, 5.74) is 8.17. The highest BCUT2D eigenvalue weighted by atomic mass is 35.5. The highest BCUT2D eigenvalue weighted by molar-refractivity contribution is 6.30. The molecule has 1 unspecified atom stereocenters. The average Bonchev–Trinajstić information content (AvgIpc) is 2.30. The van der Waals surface area contributed by atoms with Crippen molar-refractivity contribution in [2.75, 3.05) is 31.6 Å². The number of hydrogen-bond donors (Lipinski definition) is 1. The zero-order valence-corrected chi connectivity index (χ0v) is 11.2. The molecule has 2 rings (SSSR count). The summed E-state index contributed by atoms with van der Waals surface area (Å²) in [7, 11) is 2.17. The molecule has 0 aliphatic carbocycles. The van der Waals surface area contributed by atoms with Crippen LogP contribution in [0.3, 0.4) is 0 Å². The van der Waals surface area contributed by atoms with Crippen molar-refractivity contribution < 1.29 is 0 Å². The molecule has 0 saturated carbocycles. The number of rotatable bonds is 2. The highest BCUT2D eigenvalue weighted by Gasteiger charge is 2.23. The standard InChI is InChI=1S/C13H20ClN3/c1-10-9-16(2)5-6-17(10)13-4-3-12(14)7-11(13)8-15/h3-4,7,10H,5-6,8-9,15H2,1-2H3. The van der Waals surface area contributed by atoms with Gasteiger partial charge < -0.3 is 15.5 Å². The molecule has 0 bridgehead atoms. The van der Waals surface area contributed by atoms with Gasteiger partial charge in [0, 0.05) is 42.9 Å². The SMILES string of the molecule is CC1CN(C)CCN1c1ccc(Cl)cc1CN. The molecule has 1 aromatic carbocycles. The van der Waals surface area contributed by atoms with E-state index >= 15 is 0 Å². The lowest BCUT2D eigenvalue weighted by Gasteiger charge is -2.40. The van der Waals surface area contributed by atoms with Crippen molar-refractivity contribution in [1.29, 1.82) is 0 Å². The summed E-state index contributed by atoms with van der Waals surface area (Å²) in [6.07, 6.45) is 0. The van der Waals surface area contributed by atoms with Gasteiger partial charge in [0.05, 0.1) is 0 Å². The van der Waals surface area contributed by atoms with Crippen LogP contribution in [0.1, 0.15) is 12.5 Å². The maximum atomic E-state index is 6.01. The number of hydrogen-bond acceptors (Lipinski definition) is 3. The van der Waals surface area contributed by atoms with Crippen molar-refractivity contribution in [2.24, 2.45) is 5.73 Å². The van der Waals surface area contributed by atoms with E-state index in [0.29, 0.717) is 12.6 Å². The molecule has 3 nitrogen and oxygen atoms in total. The van der Waals surface area contributed by atoms with Crippen LogP contribution in [0.15, 0.2) is 18.2 Å². The van der Waals surface area contributed by atoms with Gasteiger partial charge in [-0.3, -0.25) is 0 Å². The first-order valence-corrected chi connectivity index (χ1v) is 6.43. The molecule has 1 saturated heterocycles. The minimum absolute atomic E-state index is 0.514. The molecule has 0 amide bonds. The van der Waals surface area contributed by atoms with Gasteiger partial charge in [0.2, 0.25) is 0 Å². The fourth-order valence-electron chi connectivity index (χ4n) is 2.50. The molecule has 4 heteroatoms. The summed E-state index contributed by atoms with van der Waals surface area (Å²) in [6.45, 7) is 6.02. The maximum Gasteiger partial charge on any atom is 0.0416 e. The molecule has 1 heterocycles. The summed E-state index contributed by atoms with van der Waals surface area (Å²) in [6, 6.07) is 6.52. The van der Waals surface area contributed by atoms with Crippen molar-refractivity contribution in [3.8, 4) is 0 Å². The molecule has 17 heavy (non-hydrogen) atoms. The normalized spacial score (nSPS) is 21.9. The molecule has 94 valence electrons. The van der Waals surface area contributed by atoms with E-state index in [1.54, 1.807) is 0 Å². The zero-order chi connectivity index (χ0) is 12.4. The Hall–Kier alpha value is -0.770. The Kier molecular flexibility index (Phi) is 3.92. The second-order valence-electron chi connectivity index (χ2n) is 4.78. The first kappa shape index (κ1) is 12.7. The molecule has 1 fully saturated rings. The minimum atomic E-state index is 0.514. The van der Waals surface area contributed by atoms with E-state index in [1.165, 1.54) is 5.69 Å². The van der Waals surface area contributed by atoms with Gasteiger partial charge in [0.15, 0.2) is 0 Å². The molecule has 0 aromatic heterocycles. The largest absolute Gasteiger partial charge is 0.366 e. The molecule has 0 spiro atoms. The van der Waals surface area contributed by atoms with E-state index in [9.17, 15) is 0 Å². The second-order valence-corrected chi connectivity index (χ2v) is 5.22. The maximum absolute atomic E-state index is 6.01. The predicted molar refractivity (Wildman–Crippen MR) is 73.6 cm³/mol. The summed E-state index contributed by atoms with van der Waals surface area (Å²) in [4.78, 5) is 4.79. The number of benzene rings is 1. The quantitative estimate of drug-likeness (QED) is 0.874. The molecular weight excluding hydrogens is 234 g/mol. The highest BCUT2D eigenvalue weighted by Crippen LogP contribution is 2.27. The summed E-state index contributed by atoms with van der Waals surface area (Å²) in [5, 5.41) is 0.760. The van der Waals surface area contributed by atoms with Crippen molar-refractivity contribution in [1.82, 2.24) is 4.90 Å². The summed E-state index contributed by atoms with van der Waals surface area (Å²) >= 11 is 6.01. The molecular formula is C13H20ClN3. The van der Waals surface area contributed by atoms with Gasteiger partial charge in [-0.15, -0.1) is 0 Å². The van der Waals surface area contributed by atoms with Crippen LogP contribution in [-0.2, 0) is 6.54 Å². The Balaban J connectivity index is 2.27. The Morgan fingerprint density at radius 2 is 2.18 bits per heavy atom. The van der Waals surface area contributed by atoms with Crippen LogP contribution in [0.5, 0.6) is 0 Å². The van der Waals surface area contributed by atoms with Crippen LogP contribution in [0.2, 0.25) is 5.02 Å². The monoisotopic (exact) mass is 253 g/mol. The smallest absolute Gasteiger partial charge is 0.0416 e. The summed E-state index contributed by atoms with van der Waals surface area (Å²) in [5.74, 6) is 0. The molecule has 1 atom stereocenters. The van der Waals surface area contributed by atoms with Gasteiger partial charge in [-0.05, 0) is 37.7 Å². The van der Waals surface area contributed by atoms with Crippen LogP contribution >= 0.6 is 11.6 Å². The van der Waals surface area contributed by atoms with Gasteiger partial charge in [-0.25, -0.2) is 0 Å². The third-order valence-electron chi connectivity index (χ3n) is 3.40. The van der Waals surface area contributed by atoms with Crippen molar-refractivity contribution >= 4 is 17.3 Å². The van der Waals surface area contributed by atoms with Crippen LogP contribution in [-0.4, -0.2) is 37.6 Å². The predicted octanol–water partition coefficient (Wildman–Crippen LogP) is 1.94. The number of anilines is 1. The van der Waals surface area contributed by atoms with Crippen molar-refractivity contribution in [3.63, 3.8) is 0 Å². The molecule has 2 N–H and O–H groups in total. The fourth-order valence-corrected chi connectivity index (χ4v) is 2.69.